The Hall–Kier alpha value is -2.55. The third-order valence-electron chi connectivity index (χ3n) is 5.48. The maximum absolute atomic E-state index is 13.1. The lowest BCUT2D eigenvalue weighted by Crippen LogP contribution is -2.36. The van der Waals surface area contributed by atoms with Crippen LogP contribution in [0.4, 0.5) is 4.39 Å². The van der Waals surface area contributed by atoms with Crippen LogP contribution in [0.25, 0.3) is 0 Å². The highest BCUT2D eigenvalue weighted by atomic mass is 32.2. The van der Waals surface area contributed by atoms with Gasteiger partial charge in [-0.15, -0.1) is 11.3 Å². The summed E-state index contributed by atoms with van der Waals surface area (Å²) in [7, 11) is -2.17. The van der Waals surface area contributed by atoms with Crippen LogP contribution in [0.15, 0.2) is 75.8 Å². The van der Waals surface area contributed by atoms with E-state index in [2.05, 4.69) is 0 Å². The monoisotopic (exact) mass is 445 g/mol. The Kier molecular flexibility index (Phi) is 5.48. The van der Waals surface area contributed by atoms with E-state index in [0.29, 0.717) is 4.88 Å². The van der Waals surface area contributed by atoms with E-state index in [1.807, 2.05) is 30.3 Å². The van der Waals surface area contributed by atoms with Gasteiger partial charge in [-0.3, -0.25) is 4.79 Å². The molecule has 2 heterocycles. The molecule has 0 spiro atoms. The molecule has 0 radical (unpaired) electrons. The fourth-order valence-electron chi connectivity index (χ4n) is 3.87. The van der Waals surface area contributed by atoms with Crippen LogP contribution in [0.3, 0.4) is 0 Å². The number of thiophene rings is 1. The molecule has 1 saturated heterocycles. The van der Waals surface area contributed by atoms with Crippen LogP contribution in [0.2, 0.25) is 0 Å². The Bertz CT molecular complexity index is 1160. The van der Waals surface area contributed by atoms with Gasteiger partial charge in [-0.1, -0.05) is 30.3 Å². The largest absolute Gasteiger partial charge is 0.385 e. The van der Waals surface area contributed by atoms with Gasteiger partial charge in [0.15, 0.2) is 0 Å². The normalized spacial score (nSPS) is 20.5. The van der Waals surface area contributed by atoms with Crippen molar-refractivity contribution in [3.8, 4) is 0 Å². The number of halogens is 1. The minimum atomic E-state index is -3.82. The minimum Gasteiger partial charge on any atom is -0.385 e. The van der Waals surface area contributed by atoms with Crippen LogP contribution in [0, 0.1) is 5.82 Å². The molecular formula is C22H20FNO4S2. The van der Waals surface area contributed by atoms with Crippen molar-refractivity contribution in [2.24, 2.45) is 0 Å². The molecule has 1 aliphatic heterocycles. The Morgan fingerprint density at radius 3 is 2.40 bits per heavy atom. The molecule has 0 aliphatic carbocycles. The fraction of sp³-hybridized carbons (Fsp3) is 0.227. The molecule has 0 saturated carbocycles. The highest BCUT2D eigenvalue weighted by Gasteiger charge is 2.43. The van der Waals surface area contributed by atoms with Crippen LogP contribution in [-0.2, 0) is 14.6 Å². The molecule has 1 aromatic heterocycles. The second-order valence-corrected chi connectivity index (χ2v) is 10.6. The van der Waals surface area contributed by atoms with Crippen LogP contribution < -0.4 is 0 Å². The van der Waals surface area contributed by atoms with Crippen LogP contribution in [0.5, 0.6) is 0 Å². The van der Waals surface area contributed by atoms with Crippen molar-refractivity contribution in [1.29, 1.82) is 0 Å². The van der Waals surface area contributed by atoms with Crippen molar-refractivity contribution >= 4 is 27.1 Å². The average molecular weight is 446 g/mol. The number of amides is 1. The van der Waals surface area contributed by atoms with Crippen molar-refractivity contribution in [2.45, 2.75) is 33.6 Å². The summed E-state index contributed by atoms with van der Waals surface area (Å²) in [4.78, 5) is 14.4. The van der Waals surface area contributed by atoms with Crippen molar-refractivity contribution in [2.75, 3.05) is 7.05 Å². The van der Waals surface area contributed by atoms with Gasteiger partial charge in [-0.2, -0.15) is 0 Å². The molecule has 8 heteroatoms. The van der Waals surface area contributed by atoms with Gasteiger partial charge in [0, 0.05) is 24.3 Å². The number of nitrogens with zero attached hydrogens (tertiary/aromatic N) is 1. The molecule has 3 atom stereocenters. The van der Waals surface area contributed by atoms with Gasteiger partial charge >= 0.3 is 0 Å². The van der Waals surface area contributed by atoms with E-state index in [-0.39, 0.29) is 27.4 Å². The lowest BCUT2D eigenvalue weighted by molar-refractivity contribution is -0.128. The van der Waals surface area contributed by atoms with E-state index in [0.717, 1.165) is 29.0 Å². The molecule has 1 N–H and O–H groups in total. The third-order valence-corrected chi connectivity index (χ3v) is 8.90. The molecule has 3 aromatic rings. The predicted molar refractivity (Wildman–Crippen MR) is 111 cm³/mol. The zero-order valence-corrected chi connectivity index (χ0v) is 17.7. The zero-order chi connectivity index (χ0) is 21.5. The maximum Gasteiger partial charge on any atom is 0.223 e. The molecule has 5 nitrogen and oxygen atoms in total. The first-order valence-corrected chi connectivity index (χ1v) is 11.7. The number of aliphatic hydroxyl groups is 1. The molecule has 0 unspecified atom stereocenters. The topological polar surface area (TPSA) is 74.7 Å². The van der Waals surface area contributed by atoms with E-state index < -0.39 is 27.8 Å². The highest BCUT2D eigenvalue weighted by Crippen LogP contribution is 2.42. The lowest BCUT2D eigenvalue weighted by Gasteiger charge is -2.29. The van der Waals surface area contributed by atoms with Gasteiger partial charge < -0.3 is 10.0 Å². The van der Waals surface area contributed by atoms with Gasteiger partial charge in [0.25, 0.3) is 0 Å². The first-order valence-electron chi connectivity index (χ1n) is 9.38. The summed E-state index contributed by atoms with van der Waals surface area (Å²) in [6.07, 6.45) is -0.747. The number of hydrogen-bond acceptors (Lipinski definition) is 5. The second-order valence-electron chi connectivity index (χ2n) is 7.28. The molecule has 30 heavy (non-hydrogen) atoms. The summed E-state index contributed by atoms with van der Waals surface area (Å²) >= 11 is 0.965. The minimum absolute atomic E-state index is 0.0119. The van der Waals surface area contributed by atoms with E-state index >= 15 is 0 Å². The fourth-order valence-corrected chi connectivity index (χ4v) is 6.63. The van der Waals surface area contributed by atoms with Crippen molar-refractivity contribution in [1.82, 2.24) is 4.90 Å². The van der Waals surface area contributed by atoms with Crippen LogP contribution in [0.1, 0.15) is 28.9 Å². The Morgan fingerprint density at radius 2 is 1.73 bits per heavy atom. The van der Waals surface area contributed by atoms with Crippen molar-refractivity contribution in [3.63, 3.8) is 0 Å². The standard InChI is InChI=1S/C22H20FNO4S2/c1-24-19(25)13-17(14-5-3-2-4-6-14)21(24)22(26)18-11-12-20(29-18)30(27,28)16-9-7-15(23)8-10-16/h2-12,17,21-22,26H,13H2,1H3/t17-,21-,22-/m1/s1. The predicted octanol–water partition coefficient (Wildman–Crippen LogP) is 3.77. The van der Waals surface area contributed by atoms with Gasteiger partial charge in [0.2, 0.25) is 15.7 Å². The number of sulfone groups is 1. The molecular weight excluding hydrogens is 425 g/mol. The highest BCUT2D eigenvalue weighted by molar-refractivity contribution is 7.93. The Morgan fingerprint density at radius 1 is 1.07 bits per heavy atom. The van der Waals surface area contributed by atoms with Gasteiger partial charge in [0.1, 0.15) is 16.1 Å². The summed E-state index contributed by atoms with van der Waals surface area (Å²) < 4.78 is 38.9. The Balaban J connectivity index is 1.65. The quantitative estimate of drug-likeness (QED) is 0.607. The molecule has 1 fully saturated rings. The molecule has 0 bridgehead atoms. The molecule has 2 aromatic carbocycles. The number of carbonyl (C=O) groups excluding carboxylic acids is 1. The zero-order valence-electron chi connectivity index (χ0n) is 16.1. The van der Waals surface area contributed by atoms with E-state index in [1.165, 1.54) is 23.1 Å². The van der Waals surface area contributed by atoms with Gasteiger partial charge in [-0.05, 0) is 42.0 Å². The summed E-state index contributed by atoms with van der Waals surface area (Å²) in [6, 6.07) is 16.7. The smallest absolute Gasteiger partial charge is 0.223 e. The van der Waals surface area contributed by atoms with E-state index in [4.69, 9.17) is 0 Å². The first-order chi connectivity index (χ1) is 14.3. The SMILES string of the molecule is CN1C(=O)C[C@H](c2ccccc2)[C@@H]1[C@H](O)c1ccc(S(=O)(=O)c2ccc(F)cc2)s1. The number of likely N-dealkylation sites (tertiary alicyclic amines) is 1. The number of rotatable bonds is 5. The third kappa shape index (κ3) is 3.66. The Labute approximate surface area is 178 Å². The lowest BCUT2D eigenvalue weighted by atomic mass is 9.88. The number of hydrogen-bond donors (Lipinski definition) is 1. The molecule has 1 aliphatic rings. The summed E-state index contributed by atoms with van der Waals surface area (Å²) in [5.41, 5.74) is 0.954. The number of aliphatic hydroxyl groups excluding tert-OH is 1. The average Bonchev–Trinajstić information content (AvgIpc) is 3.35. The van der Waals surface area contributed by atoms with E-state index in [9.17, 15) is 22.7 Å². The summed E-state index contributed by atoms with van der Waals surface area (Å²) in [6.45, 7) is 0. The van der Waals surface area contributed by atoms with Crippen molar-refractivity contribution in [3.05, 3.63) is 83.0 Å². The molecule has 156 valence electrons. The van der Waals surface area contributed by atoms with Crippen LogP contribution >= 0.6 is 11.3 Å². The van der Waals surface area contributed by atoms with E-state index in [1.54, 1.807) is 13.1 Å². The number of benzene rings is 2. The summed E-state index contributed by atoms with van der Waals surface area (Å²) in [5.74, 6) is -0.779. The molecule has 1 amide bonds. The second kappa shape index (κ2) is 7.94. The van der Waals surface area contributed by atoms with Crippen LogP contribution in [-0.4, -0.2) is 37.4 Å². The number of likely N-dealkylation sites (N-methyl/N-ethyl adjacent to an activating group) is 1. The molecule has 4 rings (SSSR count). The number of carbonyl (C=O) groups is 1. The van der Waals surface area contributed by atoms with Crippen molar-refractivity contribution < 1.29 is 22.7 Å². The first kappa shape index (κ1) is 20.7. The van der Waals surface area contributed by atoms with Gasteiger partial charge in [-0.25, -0.2) is 12.8 Å². The summed E-state index contributed by atoms with van der Waals surface area (Å²) in [5, 5.41) is 11.1. The maximum atomic E-state index is 13.1. The van der Waals surface area contributed by atoms with Gasteiger partial charge in [0.05, 0.1) is 10.9 Å².